The van der Waals surface area contributed by atoms with E-state index in [1.165, 1.54) is 12.1 Å². The molecule has 0 aliphatic heterocycles. The van der Waals surface area contributed by atoms with Crippen molar-refractivity contribution in [2.45, 2.75) is 25.6 Å². The molecule has 0 aliphatic rings. The van der Waals surface area contributed by atoms with E-state index in [0.29, 0.717) is 48.8 Å². The molecule has 13 heteroatoms. The maximum absolute atomic E-state index is 13.3. The van der Waals surface area contributed by atoms with E-state index in [-0.39, 0.29) is 12.1 Å². The van der Waals surface area contributed by atoms with Gasteiger partial charge in [0.1, 0.15) is 11.4 Å². The van der Waals surface area contributed by atoms with Crippen LogP contribution in [0.25, 0.3) is 27.0 Å². The average molecular weight is 563 g/mol. The summed E-state index contributed by atoms with van der Waals surface area (Å²) in [5, 5.41) is 10.2. The number of nitrogens with zero attached hydrogens (tertiary/aromatic N) is 4. The monoisotopic (exact) mass is 562 g/mol. The molecule has 0 spiro atoms. The number of carboxylic acids is 1. The molecule has 4 aromatic rings. The van der Waals surface area contributed by atoms with Gasteiger partial charge in [-0.25, -0.2) is 14.2 Å². The Bertz CT molecular complexity index is 1670. The standard InChI is InChI=1S/C26H25F3N4O5S/c1-14-5-7-16(38-19(24(35)36)9-10-31(2)3)12-17(14)23-18-11-15(6-8-20(18)39-30-23)33-22(34)13-21(26(27,28)29)32(4)25(33)37/h5-8,11-13,19H,9-10H2,1-4H3,(H,35,36). The van der Waals surface area contributed by atoms with Crippen LogP contribution in [0.2, 0.25) is 0 Å². The van der Waals surface area contributed by atoms with Crippen molar-refractivity contribution in [2.75, 3.05) is 20.6 Å². The van der Waals surface area contributed by atoms with Crippen LogP contribution >= 0.6 is 11.5 Å². The molecular formula is C26H25F3N4O5S. The lowest BCUT2D eigenvalue weighted by molar-refractivity contribution is -0.145. The number of ether oxygens (including phenoxy) is 1. The predicted molar refractivity (Wildman–Crippen MR) is 141 cm³/mol. The van der Waals surface area contributed by atoms with Crippen LogP contribution in [0.15, 0.2) is 52.1 Å². The Balaban J connectivity index is 1.79. The number of hydrogen-bond acceptors (Lipinski definition) is 7. The van der Waals surface area contributed by atoms with Crippen LogP contribution in [-0.2, 0) is 18.0 Å². The summed E-state index contributed by atoms with van der Waals surface area (Å²) in [5.41, 5.74) is -1.56. The number of halogens is 3. The first kappa shape index (κ1) is 28.0. The molecule has 1 N–H and O–H groups in total. The Morgan fingerprint density at radius 1 is 1.15 bits per heavy atom. The molecule has 2 aromatic heterocycles. The van der Waals surface area contributed by atoms with Gasteiger partial charge in [-0.05, 0) is 68.4 Å². The second-order valence-corrected chi connectivity index (χ2v) is 10.1. The highest BCUT2D eigenvalue weighted by Crippen LogP contribution is 2.36. The highest BCUT2D eigenvalue weighted by Gasteiger charge is 2.35. The molecule has 0 amide bonds. The highest BCUT2D eigenvalue weighted by atomic mass is 32.1. The number of rotatable bonds is 8. The molecule has 39 heavy (non-hydrogen) atoms. The van der Waals surface area contributed by atoms with Crippen molar-refractivity contribution in [1.82, 2.24) is 18.4 Å². The van der Waals surface area contributed by atoms with E-state index in [2.05, 4.69) is 4.37 Å². The minimum atomic E-state index is -4.86. The lowest BCUT2D eigenvalue weighted by Crippen LogP contribution is -2.40. The van der Waals surface area contributed by atoms with Crippen molar-refractivity contribution in [3.63, 3.8) is 0 Å². The topological polar surface area (TPSA) is 107 Å². The molecule has 0 bridgehead atoms. The normalized spacial score (nSPS) is 12.7. The van der Waals surface area contributed by atoms with Crippen molar-refractivity contribution < 1.29 is 27.8 Å². The molecule has 1 atom stereocenters. The minimum absolute atomic E-state index is 0.0861. The van der Waals surface area contributed by atoms with Crippen LogP contribution in [0, 0.1) is 6.92 Å². The first-order valence-electron chi connectivity index (χ1n) is 11.7. The summed E-state index contributed by atoms with van der Waals surface area (Å²) in [7, 11) is 4.62. The number of aliphatic carboxylic acids is 1. The van der Waals surface area contributed by atoms with Crippen molar-refractivity contribution in [2.24, 2.45) is 7.05 Å². The maximum atomic E-state index is 13.3. The molecule has 0 radical (unpaired) electrons. The van der Waals surface area contributed by atoms with Gasteiger partial charge in [0.15, 0.2) is 6.10 Å². The zero-order valence-electron chi connectivity index (χ0n) is 21.4. The molecule has 4 rings (SSSR count). The Hall–Kier alpha value is -3.97. The Labute approximate surface area is 224 Å². The van der Waals surface area contributed by atoms with Crippen molar-refractivity contribution in [1.29, 1.82) is 0 Å². The number of fused-ring (bicyclic) bond motifs is 1. The highest BCUT2D eigenvalue weighted by molar-refractivity contribution is 7.13. The molecule has 0 saturated carbocycles. The third kappa shape index (κ3) is 5.73. The first-order chi connectivity index (χ1) is 18.3. The van der Waals surface area contributed by atoms with Crippen LogP contribution in [0.3, 0.4) is 0 Å². The fraction of sp³-hybridized carbons (Fsp3) is 0.308. The van der Waals surface area contributed by atoms with Crippen LogP contribution in [-0.4, -0.2) is 56.2 Å². The number of aromatic nitrogens is 3. The molecule has 0 aliphatic carbocycles. The van der Waals surface area contributed by atoms with Crippen LogP contribution < -0.4 is 16.0 Å². The second-order valence-electron chi connectivity index (χ2n) is 9.27. The summed E-state index contributed by atoms with van der Waals surface area (Å²) in [6.45, 7) is 2.35. The van der Waals surface area contributed by atoms with E-state index in [4.69, 9.17) is 4.74 Å². The fourth-order valence-electron chi connectivity index (χ4n) is 4.10. The van der Waals surface area contributed by atoms with Gasteiger partial charge in [0.25, 0.3) is 5.56 Å². The zero-order valence-corrected chi connectivity index (χ0v) is 22.3. The van der Waals surface area contributed by atoms with Crippen LogP contribution in [0.5, 0.6) is 5.75 Å². The molecule has 0 saturated heterocycles. The van der Waals surface area contributed by atoms with Gasteiger partial charge in [-0.2, -0.15) is 17.5 Å². The Morgan fingerprint density at radius 2 is 1.87 bits per heavy atom. The summed E-state index contributed by atoms with van der Waals surface area (Å²) < 4.78 is 51.9. The van der Waals surface area contributed by atoms with E-state index in [1.807, 2.05) is 25.9 Å². The summed E-state index contributed by atoms with van der Waals surface area (Å²) in [4.78, 5) is 39.0. The zero-order chi connectivity index (χ0) is 28.6. The Kier molecular flexibility index (Phi) is 7.66. The first-order valence-corrected chi connectivity index (χ1v) is 12.5. The van der Waals surface area contributed by atoms with E-state index < -0.39 is 35.2 Å². The molecular weight excluding hydrogens is 537 g/mol. The van der Waals surface area contributed by atoms with Crippen LogP contribution in [0.4, 0.5) is 13.2 Å². The number of carboxylic acid groups (broad SMARTS) is 1. The van der Waals surface area contributed by atoms with Crippen LogP contribution in [0.1, 0.15) is 17.7 Å². The molecule has 2 heterocycles. The van der Waals surface area contributed by atoms with Gasteiger partial charge in [-0.1, -0.05) is 6.07 Å². The van der Waals surface area contributed by atoms with Gasteiger partial charge in [0.05, 0.1) is 16.1 Å². The van der Waals surface area contributed by atoms with E-state index in [0.717, 1.165) is 24.1 Å². The SMILES string of the molecule is Cc1ccc(OC(CCN(C)C)C(=O)O)cc1-c1nsc2ccc(-n3c(=O)cc(C(F)(F)F)n(C)c3=O)cc12. The number of aryl methyl sites for hydroxylation is 1. The van der Waals surface area contributed by atoms with Crippen molar-refractivity contribution >= 4 is 27.6 Å². The summed E-state index contributed by atoms with van der Waals surface area (Å²) >= 11 is 1.16. The summed E-state index contributed by atoms with van der Waals surface area (Å²) in [6.07, 6.45) is -5.66. The van der Waals surface area contributed by atoms with Gasteiger partial charge < -0.3 is 14.7 Å². The number of benzene rings is 2. The van der Waals surface area contributed by atoms with Gasteiger partial charge >= 0.3 is 17.8 Å². The van der Waals surface area contributed by atoms with Gasteiger partial charge in [-0.15, -0.1) is 0 Å². The molecule has 1 unspecified atom stereocenters. The molecule has 206 valence electrons. The third-order valence-corrected chi connectivity index (χ3v) is 7.01. The quantitative estimate of drug-likeness (QED) is 0.347. The fourth-order valence-corrected chi connectivity index (χ4v) is 4.87. The lowest BCUT2D eigenvalue weighted by Gasteiger charge is -2.18. The summed E-state index contributed by atoms with van der Waals surface area (Å²) in [5.74, 6) is -0.766. The Morgan fingerprint density at radius 3 is 2.51 bits per heavy atom. The smallest absolute Gasteiger partial charge is 0.431 e. The predicted octanol–water partition coefficient (Wildman–Crippen LogP) is 3.92. The number of alkyl halides is 3. The van der Waals surface area contributed by atoms with E-state index in [1.54, 1.807) is 24.3 Å². The molecule has 9 nitrogen and oxygen atoms in total. The second kappa shape index (κ2) is 10.7. The van der Waals surface area contributed by atoms with Gasteiger partial charge in [0.2, 0.25) is 0 Å². The largest absolute Gasteiger partial charge is 0.479 e. The lowest BCUT2D eigenvalue weighted by atomic mass is 10.0. The van der Waals surface area contributed by atoms with Gasteiger partial charge in [-0.3, -0.25) is 9.36 Å². The van der Waals surface area contributed by atoms with Gasteiger partial charge in [0, 0.05) is 37.0 Å². The molecule has 0 fully saturated rings. The van der Waals surface area contributed by atoms with Crippen molar-refractivity contribution in [3.05, 3.63) is 74.6 Å². The number of hydrogen-bond donors (Lipinski definition) is 1. The third-order valence-electron chi connectivity index (χ3n) is 6.18. The average Bonchev–Trinajstić information content (AvgIpc) is 3.27. The number of carbonyl (C=O) groups is 1. The van der Waals surface area contributed by atoms with E-state index >= 15 is 0 Å². The summed E-state index contributed by atoms with van der Waals surface area (Å²) in [6, 6.07) is 10.1. The minimum Gasteiger partial charge on any atom is -0.479 e. The molecule has 2 aromatic carbocycles. The van der Waals surface area contributed by atoms with E-state index in [9.17, 15) is 32.7 Å². The maximum Gasteiger partial charge on any atom is 0.431 e. The van der Waals surface area contributed by atoms with Crippen molar-refractivity contribution in [3.8, 4) is 22.7 Å².